The van der Waals surface area contributed by atoms with Gasteiger partial charge in [-0.3, -0.25) is 10.1 Å². The second-order valence-corrected chi connectivity index (χ2v) is 4.26. The summed E-state index contributed by atoms with van der Waals surface area (Å²) in [5, 5.41) is 22.3. The molecule has 0 radical (unpaired) electrons. The number of nitro benzene ring substituents is 1. The number of hydrogen-bond acceptors (Lipinski definition) is 5. The predicted octanol–water partition coefficient (Wildman–Crippen LogP) is 3.15. The topological polar surface area (TPSA) is 106 Å². The quantitative estimate of drug-likeness (QED) is 0.648. The second-order valence-electron chi connectivity index (χ2n) is 3.85. The molecule has 1 aromatic carbocycles. The van der Waals surface area contributed by atoms with E-state index in [0.29, 0.717) is 11.4 Å². The van der Waals surface area contributed by atoms with Gasteiger partial charge in [-0.05, 0) is 24.3 Å². The minimum atomic E-state index is -1.14. The fraction of sp³-hybridized carbons (Fsp3) is 0.0833. The van der Waals surface area contributed by atoms with Crippen LogP contribution >= 0.6 is 11.6 Å². The maximum Gasteiger partial charge on any atom is 0.371 e. The number of rotatable bonds is 5. The summed E-state index contributed by atoms with van der Waals surface area (Å²) in [5.74, 6) is -0.866. The van der Waals surface area contributed by atoms with Crippen LogP contribution in [-0.2, 0) is 6.54 Å². The van der Waals surface area contributed by atoms with Crippen LogP contribution in [0.25, 0.3) is 0 Å². The lowest BCUT2D eigenvalue weighted by Gasteiger charge is -2.05. The Bertz CT molecular complexity index is 668. The molecule has 0 saturated heterocycles. The largest absolute Gasteiger partial charge is 0.475 e. The highest BCUT2D eigenvalue weighted by Crippen LogP contribution is 2.27. The maximum atomic E-state index is 10.6. The molecule has 1 aromatic heterocycles. The molecule has 2 aromatic rings. The minimum absolute atomic E-state index is 0.0191. The molecule has 0 aliphatic carbocycles. The highest BCUT2D eigenvalue weighted by Gasteiger charge is 2.12. The number of anilines is 1. The third kappa shape index (κ3) is 3.07. The molecule has 0 fully saturated rings. The zero-order valence-electron chi connectivity index (χ0n) is 10.00. The molecule has 0 atom stereocenters. The van der Waals surface area contributed by atoms with Gasteiger partial charge in [0, 0.05) is 11.8 Å². The fourth-order valence-electron chi connectivity index (χ4n) is 1.54. The Morgan fingerprint density at radius 2 is 2.15 bits per heavy atom. The first-order chi connectivity index (χ1) is 9.47. The first-order valence-electron chi connectivity index (χ1n) is 5.47. The lowest BCUT2D eigenvalue weighted by molar-refractivity contribution is -0.384. The minimum Gasteiger partial charge on any atom is -0.475 e. The average Bonchev–Trinajstić information content (AvgIpc) is 2.85. The van der Waals surface area contributed by atoms with Crippen LogP contribution in [0.5, 0.6) is 0 Å². The van der Waals surface area contributed by atoms with Gasteiger partial charge in [-0.25, -0.2) is 4.79 Å². The van der Waals surface area contributed by atoms with Gasteiger partial charge in [-0.15, -0.1) is 0 Å². The van der Waals surface area contributed by atoms with Gasteiger partial charge in [0.05, 0.1) is 11.5 Å². The van der Waals surface area contributed by atoms with Crippen LogP contribution in [-0.4, -0.2) is 16.0 Å². The Morgan fingerprint density at radius 3 is 2.70 bits per heavy atom. The molecule has 1 heterocycles. The molecule has 0 unspecified atom stereocenters. The number of nitrogens with zero attached hydrogens (tertiary/aromatic N) is 1. The van der Waals surface area contributed by atoms with Crippen molar-refractivity contribution in [2.75, 3.05) is 5.32 Å². The van der Waals surface area contributed by atoms with E-state index < -0.39 is 10.9 Å². The van der Waals surface area contributed by atoms with Crippen molar-refractivity contribution in [3.05, 3.63) is 57.0 Å². The Hall–Kier alpha value is -2.54. The van der Waals surface area contributed by atoms with E-state index >= 15 is 0 Å². The van der Waals surface area contributed by atoms with Crippen molar-refractivity contribution < 1.29 is 19.2 Å². The molecule has 20 heavy (non-hydrogen) atoms. The summed E-state index contributed by atoms with van der Waals surface area (Å²) in [6, 6.07) is 7.09. The van der Waals surface area contributed by atoms with E-state index in [0.717, 1.165) is 0 Å². The van der Waals surface area contributed by atoms with Gasteiger partial charge in [0.2, 0.25) is 5.76 Å². The smallest absolute Gasteiger partial charge is 0.371 e. The molecule has 2 N–H and O–H groups in total. The Kier molecular flexibility index (Phi) is 3.90. The molecule has 2 rings (SSSR count). The molecule has 0 amide bonds. The van der Waals surface area contributed by atoms with Gasteiger partial charge in [0.15, 0.2) is 0 Å². The Balaban J connectivity index is 2.05. The summed E-state index contributed by atoms with van der Waals surface area (Å²) in [5.41, 5.74) is 0.386. The monoisotopic (exact) mass is 296 g/mol. The summed E-state index contributed by atoms with van der Waals surface area (Å²) in [7, 11) is 0. The third-order valence-corrected chi connectivity index (χ3v) is 2.79. The van der Waals surface area contributed by atoms with Crippen LogP contribution in [0.15, 0.2) is 34.7 Å². The summed E-state index contributed by atoms with van der Waals surface area (Å²) in [4.78, 5) is 20.7. The SMILES string of the molecule is O=C(O)c1ccc(CNc2ccc([N+](=O)[O-])c(Cl)c2)o1. The molecule has 0 spiro atoms. The van der Waals surface area contributed by atoms with E-state index in [2.05, 4.69) is 5.32 Å². The third-order valence-electron chi connectivity index (χ3n) is 2.48. The van der Waals surface area contributed by atoms with Crippen molar-refractivity contribution >= 4 is 28.9 Å². The maximum absolute atomic E-state index is 10.6. The van der Waals surface area contributed by atoms with Gasteiger partial charge in [0.25, 0.3) is 5.69 Å². The molecular weight excluding hydrogens is 288 g/mol. The van der Waals surface area contributed by atoms with Crippen molar-refractivity contribution in [3.8, 4) is 0 Å². The Morgan fingerprint density at radius 1 is 1.40 bits per heavy atom. The molecule has 0 aliphatic rings. The highest BCUT2D eigenvalue weighted by atomic mass is 35.5. The molecule has 0 aliphatic heterocycles. The number of hydrogen-bond donors (Lipinski definition) is 2. The number of benzene rings is 1. The van der Waals surface area contributed by atoms with Gasteiger partial charge in [-0.2, -0.15) is 0 Å². The van der Waals surface area contributed by atoms with Crippen molar-refractivity contribution in [3.63, 3.8) is 0 Å². The molecule has 104 valence electrons. The van der Waals surface area contributed by atoms with Crippen molar-refractivity contribution in [2.24, 2.45) is 0 Å². The fourth-order valence-corrected chi connectivity index (χ4v) is 1.79. The van der Waals surface area contributed by atoms with E-state index in [1.165, 1.54) is 30.3 Å². The lowest BCUT2D eigenvalue weighted by Crippen LogP contribution is -1.99. The van der Waals surface area contributed by atoms with Crippen LogP contribution in [0.1, 0.15) is 16.3 Å². The molecule has 0 saturated carbocycles. The van der Waals surface area contributed by atoms with Gasteiger partial charge in [0.1, 0.15) is 10.8 Å². The van der Waals surface area contributed by atoms with E-state index in [-0.39, 0.29) is 23.0 Å². The normalized spacial score (nSPS) is 10.2. The molecular formula is C12H9ClN2O5. The highest BCUT2D eigenvalue weighted by molar-refractivity contribution is 6.32. The first kappa shape index (κ1) is 13.9. The number of nitrogens with one attached hydrogen (secondary N) is 1. The zero-order chi connectivity index (χ0) is 14.7. The van der Waals surface area contributed by atoms with E-state index in [4.69, 9.17) is 21.1 Å². The Labute approximate surface area is 117 Å². The summed E-state index contributed by atoms with van der Waals surface area (Å²) in [6.45, 7) is 0.238. The standard InChI is InChI=1S/C12H9ClN2O5/c13-9-5-7(1-3-10(9)15(18)19)14-6-8-2-4-11(20-8)12(16)17/h1-5,14H,6H2,(H,16,17). The number of furan rings is 1. The van der Waals surface area contributed by atoms with Crippen LogP contribution in [0.4, 0.5) is 11.4 Å². The summed E-state index contributed by atoms with van der Waals surface area (Å²) < 4.78 is 5.06. The van der Waals surface area contributed by atoms with Gasteiger partial charge in [-0.1, -0.05) is 11.6 Å². The number of halogens is 1. The van der Waals surface area contributed by atoms with Crippen molar-refractivity contribution in [1.82, 2.24) is 0 Å². The van der Waals surface area contributed by atoms with E-state index in [1.54, 1.807) is 0 Å². The number of carboxylic acid groups (broad SMARTS) is 1. The van der Waals surface area contributed by atoms with Crippen LogP contribution in [0.3, 0.4) is 0 Å². The number of carboxylic acids is 1. The average molecular weight is 297 g/mol. The van der Waals surface area contributed by atoms with Crippen LogP contribution in [0.2, 0.25) is 5.02 Å². The predicted molar refractivity (Wildman–Crippen MR) is 71.1 cm³/mol. The van der Waals surface area contributed by atoms with Crippen molar-refractivity contribution in [1.29, 1.82) is 0 Å². The van der Waals surface area contributed by atoms with E-state index in [9.17, 15) is 14.9 Å². The molecule has 0 bridgehead atoms. The van der Waals surface area contributed by atoms with Gasteiger partial charge >= 0.3 is 5.97 Å². The molecule has 8 heteroatoms. The van der Waals surface area contributed by atoms with Crippen LogP contribution in [0, 0.1) is 10.1 Å². The van der Waals surface area contributed by atoms with E-state index in [1.807, 2.05) is 0 Å². The first-order valence-corrected chi connectivity index (χ1v) is 5.85. The molecule has 7 nitrogen and oxygen atoms in total. The second kappa shape index (κ2) is 5.62. The summed E-state index contributed by atoms with van der Waals surface area (Å²) >= 11 is 5.77. The number of carbonyl (C=O) groups is 1. The van der Waals surface area contributed by atoms with Gasteiger partial charge < -0.3 is 14.8 Å². The number of aromatic carboxylic acids is 1. The lowest BCUT2D eigenvalue weighted by atomic mass is 10.3. The van der Waals surface area contributed by atoms with Crippen molar-refractivity contribution in [2.45, 2.75) is 6.54 Å². The summed E-state index contributed by atoms with van der Waals surface area (Å²) in [6.07, 6.45) is 0. The zero-order valence-corrected chi connectivity index (χ0v) is 10.8. The van der Waals surface area contributed by atoms with Crippen LogP contribution < -0.4 is 5.32 Å². The number of nitro groups is 1.